The highest BCUT2D eigenvalue weighted by molar-refractivity contribution is 6.30. The summed E-state index contributed by atoms with van der Waals surface area (Å²) in [6.07, 6.45) is 1.57. The standard InChI is InChI=1S/C12H10ClNO/c13-10-3-1-2-9(6-10)7-11-4-5-12(8-15)14-11/h1-6,8,14H,7H2. The molecule has 76 valence electrons. The second-order valence-electron chi connectivity index (χ2n) is 3.36. The van der Waals surface area contributed by atoms with Crippen LogP contribution in [0.5, 0.6) is 0 Å². The summed E-state index contributed by atoms with van der Waals surface area (Å²) >= 11 is 5.88. The van der Waals surface area contributed by atoms with Gasteiger partial charge in [-0.15, -0.1) is 0 Å². The van der Waals surface area contributed by atoms with E-state index in [0.29, 0.717) is 5.69 Å². The van der Waals surface area contributed by atoms with Gasteiger partial charge in [-0.3, -0.25) is 4.79 Å². The summed E-state index contributed by atoms with van der Waals surface area (Å²) in [4.78, 5) is 13.5. The van der Waals surface area contributed by atoms with E-state index < -0.39 is 0 Å². The fraction of sp³-hybridized carbons (Fsp3) is 0.0833. The predicted octanol–water partition coefficient (Wildman–Crippen LogP) is 3.07. The van der Waals surface area contributed by atoms with Gasteiger partial charge in [0.05, 0.1) is 5.69 Å². The van der Waals surface area contributed by atoms with Crippen molar-refractivity contribution >= 4 is 17.9 Å². The Morgan fingerprint density at radius 3 is 2.80 bits per heavy atom. The molecule has 2 aromatic rings. The minimum absolute atomic E-state index is 0.604. The van der Waals surface area contributed by atoms with Crippen molar-refractivity contribution in [2.75, 3.05) is 0 Å². The van der Waals surface area contributed by atoms with Gasteiger partial charge < -0.3 is 4.98 Å². The van der Waals surface area contributed by atoms with Crippen LogP contribution in [0.4, 0.5) is 0 Å². The average Bonchev–Trinajstić information content (AvgIpc) is 2.65. The van der Waals surface area contributed by atoms with Gasteiger partial charge >= 0.3 is 0 Å². The smallest absolute Gasteiger partial charge is 0.166 e. The van der Waals surface area contributed by atoms with E-state index in [4.69, 9.17) is 11.6 Å². The predicted molar refractivity (Wildman–Crippen MR) is 60.4 cm³/mol. The second-order valence-corrected chi connectivity index (χ2v) is 3.80. The fourth-order valence-corrected chi connectivity index (χ4v) is 1.71. The first-order chi connectivity index (χ1) is 7.28. The number of nitrogens with one attached hydrogen (secondary N) is 1. The Morgan fingerprint density at radius 2 is 2.13 bits per heavy atom. The first kappa shape index (κ1) is 9.99. The van der Waals surface area contributed by atoms with E-state index in [2.05, 4.69) is 4.98 Å². The quantitative estimate of drug-likeness (QED) is 0.791. The highest BCUT2D eigenvalue weighted by Crippen LogP contribution is 2.14. The molecule has 1 aromatic carbocycles. The molecule has 15 heavy (non-hydrogen) atoms. The maximum Gasteiger partial charge on any atom is 0.166 e. The van der Waals surface area contributed by atoms with Gasteiger partial charge in [-0.25, -0.2) is 0 Å². The van der Waals surface area contributed by atoms with Crippen LogP contribution < -0.4 is 0 Å². The Labute approximate surface area is 92.9 Å². The fourth-order valence-electron chi connectivity index (χ4n) is 1.50. The maximum absolute atomic E-state index is 10.5. The first-order valence-electron chi connectivity index (χ1n) is 4.65. The van der Waals surface area contributed by atoms with Gasteiger partial charge in [0.15, 0.2) is 6.29 Å². The molecule has 2 nitrogen and oxygen atoms in total. The van der Waals surface area contributed by atoms with Crippen molar-refractivity contribution in [3.8, 4) is 0 Å². The zero-order chi connectivity index (χ0) is 10.7. The molecule has 0 aliphatic carbocycles. The molecule has 0 aliphatic heterocycles. The molecule has 0 atom stereocenters. The van der Waals surface area contributed by atoms with Crippen molar-refractivity contribution in [2.45, 2.75) is 6.42 Å². The third-order valence-electron chi connectivity index (χ3n) is 2.18. The minimum atomic E-state index is 0.604. The SMILES string of the molecule is O=Cc1ccc(Cc2cccc(Cl)c2)[nH]1. The molecule has 0 fully saturated rings. The number of carbonyl (C=O) groups excluding carboxylic acids is 1. The van der Waals surface area contributed by atoms with Crippen LogP contribution in [0.15, 0.2) is 36.4 Å². The Hall–Kier alpha value is -1.54. The zero-order valence-corrected chi connectivity index (χ0v) is 8.79. The van der Waals surface area contributed by atoms with E-state index in [0.717, 1.165) is 29.0 Å². The highest BCUT2D eigenvalue weighted by atomic mass is 35.5. The summed E-state index contributed by atoms with van der Waals surface area (Å²) in [5.41, 5.74) is 2.74. The molecule has 1 heterocycles. The second kappa shape index (κ2) is 4.32. The summed E-state index contributed by atoms with van der Waals surface area (Å²) in [5.74, 6) is 0. The van der Waals surface area contributed by atoms with Crippen molar-refractivity contribution in [3.63, 3.8) is 0 Å². The molecule has 0 aliphatic rings. The Morgan fingerprint density at radius 1 is 1.27 bits per heavy atom. The van der Waals surface area contributed by atoms with E-state index in [-0.39, 0.29) is 0 Å². The van der Waals surface area contributed by atoms with E-state index in [1.807, 2.05) is 30.3 Å². The zero-order valence-electron chi connectivity index (χ0n) is 8.03. The minimum Gasteiger partial charge on any atom is -0.356 e. The number of rotatable bonds is 3. The van der Waals surface area contributed by atoms with Gasteiger partial charge in [0.25, 0.3) is 0 Å². The number of hydrogen-bond acceptors (Lipinski definition) is 1. The number of H-pyrrole nitrogens is 1. The third-order valence-corrected chi connectivity index (χ3v) is 2.41. The van der Waals surface area contributed by atoms with Crippen LogP contribution in [0.3, 0.4) is 0 Å². The number of aromatic amines is 1. The Bertz CT molecular complexity index is 476. The van der Waals surface area contributed by atoms with Crippen LogP contribution in [0, 0.1) is 0 Å². The van der Waals surface area contributed by atoms with Crippen LogP contribution in [0.25, 0.3) is 0 Å². The van der Waals surface area contributed by atoms with Crippen molar-refractivity contribution in [1.82, 2.24) is 4.98 Å². The third kappa shape index (κ3) is 2.48. The molecule has 1 aromatic heterocycles. The molecule has 0 saturated heterocycles. The summed E-state index contributed by atoms with van der Waals surface area (Å²) in [5, 5.41) is 0.731. The lowest BCUT2D eigenvalue weighted by Gasteiger charge is -1.99. The van der Waals surface area contributed by atoms with Gasteiger partial charge in [-0.1, -0.05) is 23.7 Å². The van der Waals surface area contributed by atoms with Crippen LogP contribution in [0.1, 0.15) is 21.7 Å². The molecular weight excluding hydrogens is 210 g/mol. The summed E-state index contributed by atoms with van der Waals surface area (Å²) < 4.78 is 0. The highest BCUT2D eigenvalue weighted by Gasteiger charge is 2.00. The van der Waals surface area contributed by atoms with Crippen LogP contribution in [-0.2, 0) is 6.42 Å². The number of hydrogen-bond donors (Lipinski definition) is 1. The maximum atomic E-state index is 10.5. The van der Waals surface area contributed by atoms with Gasteiger partial charge in [0.2, 0.25) is 0 Å². The largest absolute Gasteiger partial charge is 0.356 e. The molecule has 0 radical (unpaired) electrons. The number of halogens is 1. The van der Waals surface area contributed by atoms with Crippen LogP contribution >= 0.6 is 11.6 Å². The van der Waals surface area contributed by atoms with Gasteiger partial charge in [-0.2, -0.15) is 0 Å². The molecule has 0 amide bonds. The molecule has 3 heteroatoms. The van der Waals surface area contributed by atoms with Gasteiger partial charge in [0, 0.05) is 17.1 Å². The lowest BCUT2D eigenvalue weighted by Crippen LogP contribution is -1.88. The molecule has 1 N–H and O–H groups in total. The van der Waals surface area contributed by atoms with Crippen molar-refractivity contribution in [3.05, 3.63) is 58.4 Å². The molecule has 0 unspecified atom stereocenters. The number of aromatic nitrogens is 1. The van der Waals surface area contributed by atoms with E-state index in [1.165, 1.54) is 0 Å². The molecule has 0 spiro atoms. The Kier molecular flexibility index (Phi) is 2.88. The molecule has 0 bridgehead atoms. The van der Waals surface area contributed by atoms with Crippen molar-refractivity contribution in [1.29, 1.82) is 0 Å². The van der Waals surface area contributed by atoms with Crippen LogP contribution in [0.2, 0.25) is 5.02 Å². The van der Waals surface area contributed by atoms with E-state index in [1.54, 1.807) is 6.07 Å². The number of aldehydes is 1. The Balaban J connectivity index is 2.18. The number of carbonyl (C=O) groups is 1. The van der Waals surface area contributed by atoms with E-state index >= 15 is 0 Å². The van der Waals surface area contributed by atoms with E-state index in [9.17, 15) is 4.79 Å². The summed E-state index contributed by atoms with van der Waals surface area (Å²) in [6, 6.07) is 11.4. The molecule has 0 saturated carbocycles. The topological polar surface area (TPSA) is 32.9 Å². The summed E-state index contributed by atoms with van der Waals surface area (Å²) in [7, 11) is 0. The first-order valence-corrected chi connectivity index (χ1v) is 5.03. The van der Waals surface area contributed by atoms with Gasteiger partial charge in [0.1, 0.15) is 0 Å². The lowest BCUT2D eigenvalue weighted by molar-refractivity contribution is 0.111. The normalized spacial score (nSPS) is 10.2. The van der Waals surface area contributed by atoms with Crippen molar-refractivity contribution in [2.24, 2.45) is 0 Å². The summed E-state index contributed by atoms with van der Waals surface area (Å²) in [6.45, 7) is 0. The monoisotopic (exact) mass is 219 g/mol. The molecular formula is C12H10ClNO. The van der Waals surface area contributed by atoms with Gasteiger partial charge in [-0.05, 0) is 29.8 Å². The molecule has 2 rings (SSSR count). The average molecular weight is 220 g/mol. The number of benzene rings is 1. The lowest BCUT2D eigenvalue weighted by atomic mass is 10.1. The van der Waals surface area contributed by atoms with Crippen LogP contribution in [-0.4, -0.2) is 11.3 Å². The van der Waals surface area contributed by atoms with Crippen molar-refractivity contribution < 1.29 is 4.79 Å².